The summed E-state index contributed by atoms with van der Waals surface area (Å²) in [7, 11) is 0. The minimum atomic E-state index is -4.47. The van der Waals surface area contributed by atoms with Gasteiger partial charge >= 0.3 is 6.18 Å². The summed E-state index contributed by atoms with van der Waals surface area (Å²) in [6, 6.07) is 9.93. The minimum absolute atomic E-state index is 0.0988. The fraction of sp³-hybridized carbons (Fsp3) is 0.0769. The Kier molecular flexibility index (Phi) is 3.38. The molecule has 0 aliphatic heterocycles. The normalized spacial score (nSPS) is 10.8. The van der Waals surface area contributed by atoms with E-state index in [4.69, 9.17) is 5.26 Å². The average Bonchev–Trinajstić information content (AvgIpc) is 2.39. The molecule has 6 heteroatoms. The van der Waals surface area contributed by atoms with E-state index in [1.807, 2.05) is 6.07 Å². The van der Waals surface area contributed by atoms with Crippen LogP contribution in [0.1, 0.15) is 11.1 Å². The first-order valence-electron chi connectivity index (χ1n) is 5.31. The highest BCUT2D eigenvalue weighted by atomic mass is 19.4. The summed E-state index contributed by atoms with van der Waals surface area (Å²) in [6.45, 7) is 0. The molecule has 0 saturated heterocycles. The number of pyridine rings is 1. The maximum Gasteiger partial charge on any atom is 0.418 e. The average molecular weight is 263 g/mol. The largest absolute Gasteiger partial charge is 0.418 e. The number of halogens is 3. The fourth-order valence-electron chi connectivity index (χ4n) is 1.56. The molecule has 2 aromatic rings. The summed E-state index contributed by atoms with van der Waals surface area (Å²) >= 11 is 0. The van der Waals surface area contributed by atoms with Crippen LogP contribution in [0.15, 0.2) is 42.6 Å². The topological polar surface area (TPSA) is 48.7 Å². The first-order chi connectivity index (χ1) is 9.02. The second-order valence-electron chi connectivity index (χ2n) is 3.68. The van der Waals surface area contributed by atoms with Gasteiger partial charge in [0, 0.05) is 6.20 Å². The van der Waals surface area contributed by atoms with Gasteiger partial charge in [0.25, 0.3) is 0 Å². The molecule has 0 saturated carbocycles. The monoisotopic (exact) mass is 263 g/mol. The van der Waals surface area contributed by atoms with E-state index in [1.54, 1.807) is 6.07 Å². The number of anilines is 2. The van der Waals surface area contributed by atoms with Crippen LogP contribution < -0.4 is 5.32 Å². The Balaban J connectivity index is 2.43. The molecule has 0 unspecified atom stereocenters. The SMILES string of the molecule is N#Cc1cccnc1Nc1ccccc1C(F)(F)F. The zero-order chi connectivity index (χ0) is 13.9. The highest BCUT2D eigenvalue weighted by Gasteiger charge is 2.33. The van der Waals surface area contributed by atoms with Crippen LogP contribution in [0, 0.1) is 11.3 Å². The number of nitriles is 1. The smallest absolute Gasteiger partial charge is 0.339 e. The number of hydrogen-bond acceptors (Lipinski definition) is 3. The van der Waals surface area contributed by atoms with Crippen LogP contribution in [-0.2, 0) is 6.18 Å². The summed E-state index contributed by atoms with van der Waals surface area (Å²) in [5, 5.41) is 11.4. The first-order valence-corrected chi connectivity index (χ1v) is 5.31. The van der Waals surface area contributed by atoms with Crippen molar-refractivity contribution in [2.45, 2.75) is 6.18 Å². The van der Waals surface area contributed by atoms with Crippen molar-refractivity contribution in [2.75, 3.05) is 5.32 Å². The Bertz CT molecular complexity index is 630. The van der Waals surface area contributed by atoms with E-state index < -0.39 is 11.7 Å². The fourth-order valence-corrected chi connectivity index (χ4v) is 1.56. The first kappa shape index (κ1) is 12.9. The molecule has 2 rings (SSSR count). The molecule has 0 spiro atoms. The molecule has 1 aromatic heterocycles. The van der Waals surface area contributed by atoms with Gasteiger partial charge in [0.1, 0.15) is 11.9 Å². The predicted octanol–water partition coefficient (Wildman–Crippen LogP) is 3.72. The van der Waals surface area contributed by atoms with Crippen molar-refractivity contribution in [1.29, 1.82) is 5.26 Å². The molecule has 1 heterocycles. The minimum Gasteiger partial charge on any atom is -0.339 e. The second kappa shape index (κ2) is 4.98. The molecule has 1 N–H and O–H groups in total. The second-order valence-corrected chi connectivity index (χ2v) is 3.68. The number of rotatable bonds is 2. The van der Waals surface area contributed by atoms with Crippen LogP contribution in [0.5, 0.6) is 0 Å². The summed E-state index contributed by atoms with van der Waals surface area (Å²) in [6.07, 6.45) is -3.06. The zero-order valence-corrected chi connectivity index (χ0v) is 9.57. The lowest BCUT2D eigenvalue weighted by atomic mass is 10.1. The third-order valence-electron chi connectivity index (χ3n) is 2.41. The van der Waals surface area contributed by atoms with E-state index in [1.165, 1.54) is 30.5 Å². The third-order valence-corrected chi connectivity index (χ3v) is 2.41. The van der Waals surface area contributed by atoms with Crippen LogP contribution in [-0.4, -0.2) is 4.98 Å². The number of aromatic nitrogens is 1. The molecule has 96 valence electrons. The van der Waals surface area contributed by atoms with Gasteiger partial charge in [-0.15, -0.1) is 0 Å². The van der Waals surface area contributed by atoms with Crippen molar-refractivity contribution in [3.63, 3.8) is 0 Å². The number of nitrogens with one attached hydrogen (secondary N) is 1. The highest BCUT2D eigenvalue weighted by Crippen LogP contribution is 2.35. The van der Waals surface area contributed by atoms with Gasteiger partial charge in [-0.2, -0.15) is 18.4 Å². The van der Waals surface area contributed by atoms with Gasteiger partial charge in [-0.25, -0.2) is 4.98 Å². The molecular weight excluding hydrogens is 255 g/mol. The molecule has 0 fully saturated rings. The standard InChI is InChI=1S/C13H8F3N3/c14-13(15,16)10-5-1-2-6-11(10)19-12-9(8-17)4-3-7-18-12/h1-7H,(H,18,19). The van der Waals surface area contributed by atoms with Gasteiger partial charge in [-0.3, -0.25) is 0 Å². The van der Waals surface area contributed by atoms with Crippen molar-refractivity contribution >= 4 is 11.5 Å². The molecular formula is C13H8F3N3. The number of para-hydroxylation sites is 1. The highest BCUT2D eigenvalue weighted by molar-refractivity contribution is 5.65. The molecule has 0 bridgehead atoms. The van der Waals surface area contributed by atoms with Crippen molar-refractivity contribution in [3.8, 4) is 6.07 Å². The Labute approximate surface area is 107 Å². The van der Waals surface area contributed by atoms with E-state index in [2.05, 4.69) is 10.3 Å². The maximum absolute atomic E-state index is 12.8. The van der Waals surface area contributed by atoms with Gasteiger partial charge in [0.05, 0.1) is 16.8 Å². The van der Waals surface area contributed by atoms with Gasteiger partial charge < -0.3 is 5.32 Å². The quantitative estimate of drug-likeness (QED) is 0.898. The molecule has 0 aliphatic carbocycles. The van der Waals surface area contributed by atoms with Crippen LogP contribution >= 0.6 is 0 Å². The Morgan fingerprint density at radius 1 is 1.11 bits per heavy atom. The van der Waals surface area contributed by atoms with Crippen molar-refractivity contribution in [3.05, 3.63) is 53.7 Å². The number of nitrogens with zero attached hydrogens (tertiary/aromatic N) is 2. The van der Waals surface area contributed by atoms with E-state index in [0.29, 0.717) is 0 Å². The number of alkyl halides is 3. The van der Waals surface area contributed by atoms with E-state index >= 15 is 0 Å². The Morgan fingerprint density at radius 2 is 1.84 bits per heavy atom. The lowest BCUT2D eigenvalue weighted by Crippen LogP contribution is -2.09. The summed E-state index contributed by atoms with van der Waals surface area (Å²) < 4.78 is 38.4. The van der Waals surface area contributed by atoms with E-state index in [-0.39, 0.29) is 17.1 Å². The summed E-state index contributed by atoms with van der Waals surface area (Å²) in [5.41, 5.74) is -0.755. The molecule has 0 radical (unpaired) electrons. The maximum atomic E-state index is 12.8. The number of hydrogen-bond donors (Lipinski definition) is 1. The van der Waals surface area contributed by atoms with Gasteiger partial charge in [0.2, 0.25) is 0 Å². The Morgan fingerprint density at radius 3 is 2.53 bits per heavy atom. The van der Waals surface area contributed by atoms with Gasteiger partial charge in [-0.05, 0) is 24.3 Å². The number of benzene rings is 1. The van der Waals surface area contributed by atoms with E-state index in [0.717, 1.165) is 6.07 Å². The van der Waals surface area contributed by atoms with Gasteiger partial charge in [-0.1, -0.05) is 12.1 Å². The van der Waals surface area contributed by atoms with Crippen molar-refractivity contribution in [1.82, 2.24) is 4.98 Å². The van der Waals surface area contributed by atoms with Crippen molar-refractivity contribution < 1.29 is 13.2 Å². The lowest BCUT2D eigenvalue weighted by molar-refractivity contribution is -0.136. The Hall–Kier alpha value is -2.55. The molecule has 3 nitrogen and oxygen atoms in total. The summed E-state index contributed by atoms with van der Waals surface area (Å²) in [5.74, 6) is 0.0988. The lowest BCUT2D eigenvalue weighted by Gasteiger charge is -2.14. The zero-order valence-electron chi connectivity index (χ0n) is 9.57. The molecule has 0 amide bonds. The van der Waals surface area contributed by atoms with Crippen LogP contribution in [0.25, 0.3) is 0 Å². The van der Waals surface area contributed by atoms with E-state index in [9.17, 15) is 13.2 Å². The van der Waals surface area contributed by atoms with Crippen molar-refractivity contribution in [2.24, 2.45) is 0 Å². The van der Waals surface area contributed by atoms with Crippen LogP contribution in [0.3, 0.4) is 0 Å². The summed E-state index contributed by atoms with van der Waals surface area (Å²) in [4.78, 5) is 3.87. The third kappa shape index (κ3) is 2.83. The predicted molar refractivity (Wildman–Crippen MR) is 63.7 cm³/mol. The molecule has 19 heavy (non-hydrogen) atoms. The molecule has 0 atom stereocenters. The van der Waals surface area contributed by atoms with Gasteiger partial charge in [0.15, 0.2) is 0 Å². The molecule has 0 aliphatic rings. The van der Waals surface area contributed by atoms with Crippen LogP contribution in [0.4, 0.5) is 24.7 Å². The van der Waals surface area contributed by atoms with Crippen LogP contribution in [0.2, 0.25) is 0 Å². The molecule has 1 aromatic carbocycles.